The Morgan fingerprint density at radius 1 is 1.11 bits per heavy atom. The van der Waals surface area contributed by atoms with Crippen molar-refractivity contribution in [1.29, 1.82) is 0 Å². The lowest BCUT2D eigenvalue weighted by Crippen LogP contribution is -2.55. The first kappa shape index (κ1) is 13.4. The van der Waals surface area contributed by atoms with Gasteiger partial charge in [-0.3, -0.25) is 0 Å². The van der Waals surface area contributed by atoms with Gasteiger partial charge in [-0.15, -0.1) is 0 Å². The largest absolute Gasteiger partial charge is 0.0839 e. The maximum absolute atomic E-state index is 2.80. The Balaban J connectivity index is 1.75. The van der Waals surface area contributed by atoms with Crippen molar-refractivity contribution < 1.29 is 0 Å². The van der Waals surface area contributed by atoms with Crippen molar-refractivity contribution >= 4 is 13.3 Å². The van der Waals surface area contributed by atoms with E-state index < -0.39 is 8.07 Å². The molecule has 1 heteroatoms. The second-order valence-electron chi connectivity index (χ2n) is 7.86. The Kier molecular flexibility index (Phi) is 3.16. The molecule has 0 saturated heterocycles. The van der Waals surface area contributed by atoms with Gasteiger partial charge in [-0.05, 0) is 48.5 Å². The van der Waals surface area contributed by atoms with E-state index in [1.165, 1.54) is 19.3 Å². The van der Waals surface area contributed by atoms with Gasteiger partial charge in [-0.2, -0.15) is 0 Å². The third kappa shape index (κ3) is 2.20. The fourth-order valence-corrected chi connectivity index (χ4v) is 7.28. The summed E-state index contributed by atoms with van der Waals surface area (Å²) in [5.41, 5.74) is 0.612. The number of benzene rings is 1. The van der Waals surface area contributed by atoms with Crippen molar-refractivity contribution in [1.82, 2.24) is 0 Å². The van der Waals surface area contributed by atoms with E-state index in [0.717, 1.165) is 17.8 Å². The Morgan fingerprint density at radius 3 is 2.37 bits per heavy atom. The smallest absolute Gasteiger partial charge is 0.0652 e. The Labute approximate surface area is 119 Å². The highest BCUT2D eigenvalue weighted by molar-refractivity contribution is 6.92. The zero-order valence-corrected chi connectivity index (χ0v) is 13.8. The lowest BCUT2D eigenvalue weighted by atomic mass is 9.46. The Hall–Kier alpha value is -0.563. The standard InChI is InChI=1S/C18H27Si/c1-18(2)15-11-10-14(17(18)12-15)13-19(3,4)16-8-6-5-7-9-16/h5-9,13-15,17H,10-12H2,1-4H3. The van der Waals surface area contributed by atoms with Crippen molar-refractivity contribution in [2.45, 2.75) is 46.2 Å². The summed E-state index contributed by atoms with van der Waals surface area (Å²) in [6.07, 6.45) is 4.40. The average molecular weight is 272 g/mol. The van der Waals surface area contributed by atoms with Gasteiger partial charge in [0.25, 0.3) is 0 Å². The first-order valence-corrected chi connectivity index (χ1v) is 10.9. The van der Waals surface area contributed by atoms with Gasteiger partial charge in [-0.25, -0.2) is 0 Å². The molecule has 0 N–H and O–H groups in total. The van der Waals surface area contributed by atoms with E-state index in [9.17, 15) is 0 Å². The molecular formula is C18H27Si. The molecule has 1 aromatic carbocycles. The molecule has 0 amide bonds. The Morgan fingerprint density at radius 2 is 1.79 bits per heavy atom. The zero-order chi connectivity index (χ0) is 13.7. The predicted molar refractivity (Wildman–Crippen MR) is 86.0 cm³/mol. The summed E-state index contributed by atoms with van der Waals surface area (Å²) in [5.74, 6) is 2.85. The van der Waals surface area contributed by atoms with Crippen molar-refractivity contribution in [3.63, 3.8) is 0 Å². The van der Waals surface area contributed by atoms with Crippen LogP contribution in [0.1, 0.15) is 33.1 Å². The lowest BCUT2D eigenvalue weighted by molar-refractivity contribution is -0.0929. The fraction of sp³-hybridized carbons (Fsp3) is 0.611. The molecule has 3 unspecified atom stereocenters. The van der Waals surface area contributed by atoms with Crippen LogP contribution >= 0.6 is 0 Å². The molecule has 3 fully saturated rings. The Bertz CT molecular complexity index is 444. The normalized spacial score (nSPS) is 32.7. The molecule has 4 rings (SSSR count). The van der Waals surface area contributed by atoms with Crippen molar-refractivity contribution in [2.24, 2.45) is 23.2 Å². The second kappa shape index (κ2) is 4.48. The van der Waals surface area contributed by atoms with Gasteiger partial charge in [0.15, 0.2) is 0 Å². The minimum atomic E-state index is -1.37. The van der Waals surface area contributed by atoms with Crippen LogP contribution in [0.15, 0.2) is 30.3 Å². The lowest BCUT2D eigenvalue weighted by Gasteiger charge is -2.61. The van der Waals surface area contributed by atoms with Crippen LogP contribution in [0.3, 0.4) is 0 Å². The van der Waals surface area contributed by atoms with E-state index >= 15 is 0 Å². The fourth-order valence-electron chi connectivity index (χ4n) is 4.57. The topological polar surface area (TPSA) is 0 Å². The van der Waals surface area contributed by atoms with Crippen LogP contribution < -0.4 is 5.19 Å². The number of hydrogen-bond acceptors (Lipinski definition) is 0. The molecule has 103 valence electrons. The molecule has 19 heavy (non-hydrogen) atoms. The molecule has 0 heterocycles. The third-order valence-corrected chi connectivity index (χ3v) is 9.14. The van der Waals surface area contributed by atoms with Gasteiger partial charge in [0.2, 0.25) is 0 Å². The van der Waals surface area contributed by atoms with Gasteiger partial charge in [-0.1, -0.05) is 62.5 Å². The predicted octanol–water partition coefficient (Wildman–Crippen LogP) is 4.42. The number of hydrogen-bond donors (Lipinski definition) is 0. The molecule has 0 aliphatic heterocycles. The minimum absolute atomic E-state index is 0.612. The molecule has 3 atom stereocenters. The van der Waals surface area contributed by atoms with Crippen LogP contribution in [0, 0.1) is 29.2 Å². The monoisotopic (exact) mass is 271 g/mol. The van der Waals surface area contributed by atoms with Gasteiger partial charge >= 0.3 is 0 Å². The van der Waals surface area contributed by atoms with E-state index in [2.05, 4.69) is 63.3 Å². The summed E-state index contributed by atoms with van der Waals surface area (Å²) in [6.45, 7) is 10.0. The summed E-state index contributed by atoms with van der Waals surface area (Å²) in [7, 11) is -1.37. The number of fused-ring (bicyclic) bond motifs is 2. The molecule has 0 nitrogen and oxygen atoms in total. The van der Waals surface area contributed by atoms with Gasteiger partial charge in [0.1, 0.15) is 0 Å². The maximum Gasteiger partial charge on any atom is 0.0839 e. The van der Waals surface area contributed by atoms with E-state index in [-0.39, 0.29) is 0 Å². The molecule has 1 radical (unpaired) electrons. The van der Waals surface area contributed by atoms with Crippen molar-refractivity contribution in [3.05, 3.63) is 36.4 Å². The van der Waals surface area contributed by atoms with Crippen LogP contribution in [-0.4, -0.2) is 8.07 Å². The first-order chi connectivity index (χ1) is 8.91. The summed E-state index contributed by atoms with van der Waals surface area (Å²) in [6, 6.07) is 14.0. The molecule has 2 bridgehead atoms. The maximum atomic E-state index is 2.80. The van der Waals surface area contributed by atoms with E-state index in [4.69, 9.17) is 0 Å². The SMILES string of the molecule is CC1(C)C2CCC([CH][Si](C)(C)c3ccccc3)C1C2. The van der Waals surface area contributed by atoms with Crippen molar-refractivity contribution in [3.8, 4) is 0 Å². The molecule has 3 aliphatic rings. The highest BCUT2D eigenvalue weighted by Crippen LogP contribution is 2.62. The van der Waals surface area contributed by atoms with Gasteiger partial charge in [0, 0.05) is 0 Å². The molecule has 0 aromatic heterocycles. The van der Waals surface area contributed by atoms with E-state index in [1.54, 1.807) is 5.19 Å². The first-order valence-electron chi connectivity index (χ1n) is 7.83. The molecule has 3 aliphatic carbocycles. The third-order valence-electron chi connectivity index (χ3n) is 6.06. The molecule has 3 saturated carbocycles. The average Bonchev–Trinajstić information content (AvgIpc) is 2.39. The summed E-state index contributed by atoms with van der Waals surface area (Å²) in [5, 5.41) is 1.59. The van der Waals surface area contributed by atoms with Crippen LogP contribution in [0.2, 0.25) is 13.1 Å². The van der Waals surface area contributed by atoms with E-state index in [0.29, 0.717) is 5.41 Å². The molecule has 0 spiro atoms. The van der Waals surface area contributed by atoms with Crippen LogP contribution in [0.5, 0.6) is 0 Å². The van der Waals surface area contributed by atoms with Gasteiger partial charge < -0.3 is 0 Å². The van der Waals surface area contributed by atoms with E-state index in [1.807, 2.05) is 0 Å². The summed E-state index contributed by atoms with van der Waals surface area (Å²) in [4.78, 5) is 0. The highest BCUT2D eigenvalue weighted by Gasteiger charge is 2.54. The summed E-state index contributed by atoms with van der Waals surface area (Å²) < 4.78 is 0. The number of rotatable bonds is 3. The molecular weight excluding hydrogens is 244 g/mol. The minimum Gasteiger partial charge on any atom is -0.0652 e. The van der Waals surface area contributed by atoms with Crippen LogP contribution in [-0.2, 0) is 0 Å². The van der Waals surface area contributed by atoms with Crippen LogP contribution in [0.4, 0.5) is 0 Å². The van der Waals surface area contributed by atoms with Crippen molar-refractivity contribution in [2.75, 3.05) is 0 Å². The highest BCUT2D eigenvalue weighted by atomic mass is 28.3. The summed E-state index contributed by atoms with van der Waals surface area (Å²) >= 11 is 0. The molecule has 1 aromatic rings. The quantitative estimate of drug-likeness (QED) is 0.714. The zero-order valence-electron chi connectivity index (χ0n) is 12.8. The van der Waals surface area contributed by atoms with Gasteiger partial charge in [0.05, 0.1) is 8.07 Å². The second-order valence-corrected chi connectivity index (χ2v) is 12.2. The van der Waals surface area contributed by atoms with Crippen LogP contribution in [0.25, 0.3) is 0 Å².